The Bertz CT molecular complexity index is 1230. The summed E-state index contributed by atoms with van der Waals surface area (Å²) in [6, 6.07) is 16.7. The molecule has 0 aliphatic carbocycles. The normalized spacial score (nSPS) is 13.4. The second kappa shape index (κ2) is 7.72. The van der Waals surface area contributed by atoms with Crippen molar-refractivity contribution < 1.29 is 18.7 Å². The lowest BCUT2D eigenvalue weighted by atomic mass is 10.2. The van der Waals surface area contributed by atoms with Gasteiger partial charge < -0.3 is 19.2 Å². The first-order valence-corrected chi connectivity index (χ1v) is 10.2. The van der Waals surface area contributed by atoms with Crippen molar-refractivity contribution in [1.82, 2.24) is 9.97 Å². The number of nitrogens with one attached hydrogen (secondary N) is 1. The van der Waals surface area contributed by atoms with E-state index in [9.17, 15) is 4.79 Å². The number of fused-ring (bicyclic) bond motifs is 2. The molecule has 0 radical (unpaired) electrons. The molecule has 1 amide bonds. The predicted octanol–water partition coefficient (Wildman–Crippen LogP) is 4.74. The molecule has 0 saturated heterocycles. The molecular formula is C22H17N3O4S. The number of thioether (sulfide) groups is 1. The minimum Gasteiger partial charge on any atom is -0.461 e. The number of carbonyl (C=O) groups is 1. The fraction of sp³-hybridized carbons (Fsp3) is 0.136. The molecule has 2 aromatic carbocycles. The first-order chi connectivity index (χ1) is 14.7. The van der Waals surface area contributed by atoms with E-state index in [1.807, 2.05) is 37.3 Å². The average molecular weight is 419 g/mol. The standard InChI is InChI=1S/C22H17N3O4S/c1-13(21(26)23-14-8-9-17-19(11-14)29-12-28-17)30-22-15-5-2-3-6-16(15)24-20(25-22)18-7-4-10-27-18/h2-11,13H,12H2,1H3,(H,23,26)/t13-/m0/s1. The van der Waals surface area contributed by atoms with Crippen LogP contribution in [0.1, 0.15) is 6.92 Å². The molecule has 30 heavy (non-hydrogen) atoms. The molecule has 150 valence electrons. The SMILES string of the molecule is C[C@H](Sc1nc(-c2ccco2)nc2ccccc12)C(=O)Nc1ccc2c(c1)OCO2. The molecule has 5 rings (SSSR count). The van der Waals surface area contributed by atoms with E-state index >= 15 is 0 Å². The zero-order valence-corrected chi connectivity index (χ0v) is 16.8. The number of benzene rings is 2. The van der Waals surface area contributed by atoms with E-state index in [1.165, 1.54) is 11.8 Å². The smallest absolute Gasteiger partial charge is 0.237 e. The van der Waals surface area contributed by atoms with Gasteiger partial charge in [0.05, 0.1) is 17.0 Å². The van der Waals surface area contributed by atoms with Crippen LogP contribution < -0.4 is 14.8 Å². The average Bonchev–Trinajstić information content (AvgIpc) is 3.45. The molecule has 3 heterocycles. The highest BCUT2D eigenvalue weighted by molar-refractivity contribution is 8.00. The van der Waals surface area contributed by atoms with Crippen LogP contribution in [0.4, 0.5) is 5.69 Å². The maximum Gasteiger partial charge on any atom is 0.237 e. The number of carbonyl (C=O) groups excluding carboxylic acids is 1. The number of furan rings is 1. The number of para-hydroxylation sites is 1. The molecule has 7 nitrogen and oxygen atoms in total. The van der Waals surface area contributed by atoms with E-state index in [-0.39, 0.29) is 12.7 Å². The molecule has 1 aliphatic rings. The molecule has 0 fully saturated rings. The van der Waals surface area contributed by atoms with Gasteiger partial charge in [-0.3, -0.25) is 4.79 Å². The fourth-order valence-corrected chi connectivity index (χ4v) is 4.03. The number of hydrogen-bond donors (Lipinski definition) is 1. The topological polar surface area (TPSA) is 86.5 Å². The number of amides is 1. The van der Waals surface area contributed by atoms with E-state index in [0.29, 0.717) is 28.8 Å². The van der Waals surface area contributed by atoms with Crippen LogP contribution in [0.25, 0.3) is 22.5 Å². The number of ether oxygens (including phenoxy) is 2. The van der Waals surface area contributed by atoms with Crippen LogP contribution in [0.5, 0.6) is 11.5 Å². The van der Waals surface area contributed by atoms with Crippen LogP contribution in [0.15, 0.2) is 70.3 Å². The van der Waals surface area contributed by atoms with Gasteiger partial charge in [-0.15, -0.1) is 0 Å². The van der Waals surface area contributed by atoms with E-state index in [2.05, 4.69) is 15.3 Å². The summed E-state index contributed by atoms with van der Waals surface area (Å²) < 4.78 is 16.1. The van der Waals surface area contributed by atoms with Crippen molar-refractivity contribution in [1.29, 1.82) is 0 Å². The van der Waals surface area contributed by atoms with Crippen LogP contribution in [0, 0.1) is 0 Å². The van der Waals surface area contributed by atoms with E-state index < -0.39 is 5.25 Å². The van der Waals surface area contributed by atoms with Crippen molar-refractivity contribution in [2.75, 3.05) is 12.1 Å². The van der Waals surface area contributed by atoms with Crippen LogP contribution in [-0.2, 0) is 4.79 Å². The number of aromatic nitrogens is 2. The Morgan fingerprint density at radius 1 is 1.07 bits per heavy atom. The molecule has 0 bridgehead atoms. The summed E-state index contributed by atoms with van der Waals surface area (Å²) in [6.45, 7) is 2.04. The van der Waals surface area contributed by atoms with Gasteiger partial charge in [0, 0.05) is 17.1 Å². The Labute approximate surface area is 176 Å². The second-order valence-corrected chi connectivity index (χ2v) is 7.99. The lowest BCUT2D eigenvalue weighted by Gasteiger charge is -2.13. The molecule has 1 aliphatic heterocycles. The Balaban J connectivity index is 1.39. The summed E-state index contributed by atoms with van der Waals surface area (Å²) in [5.74, 6) is 2.23. The van der Waals surface area contributed by atoms with Crippen LogP contribution >= 0.6 is 11.8 Å². The molecule has 8 heteroatoms. The molecule has 0 saturated carbocycles. The third-order valence-electron chi connectivity index (χ3n) is 4.61. The summed E-state index contributed by atoms with van der Waals surface area (Å²) in [6.07, 6.45) is 1.59. The van der Waals surface area contributed by atoms with Gasteiger partial charge in [0.1, 0.15) is 5.03 Å². The zero-order valence-electron chi connectivity index (χ0n) is 16.0. The van der Waals surface area contributed by atoms with Gasteiger partial charge in [0.25, 0.3) is 0 Å². The van der Waals surface area contributed by atoms with Crippen LogP contribution in [-0.4, -0.2) is 27.9 Å². The summed E-state index contributed by atoms with van der Waals surface area (Å²) in [5, 5.41) is 4.15. The second-order valence-electron chi connectivity index (χ2n) is 6.66. The highest BCUT2D eigenvalue weighted by Crippen LogP contribution is 2.35. The third kappa shape index (κ3) is 3.57. The molecule has 0 unspecified atom stereocenters. The summed E-state index contributed by atoms with van der Waals surface area (Å²) >= 11 is 1.38. The zero-order chi connectivity index (χ0) is 20.5. The largest absolute Gasteiger partial charge is 0.461 e. The minimum absolute atomic E-state index is 0.138. The lowest BCUT2D eigenvalue weighted by molar-refractivity contribution is -0.115. The lowest BCUT2D eigenvalue weighted by Crippen LogP contribution is -2.22. The predicted molar refractivity (Wildman–Crippen MR) is 114 cm³/mol. The summed E-state index contributed by atoms with van der Waals surface area (Å²) in [5.41, 5.74) is 1.45. The summed E-state index contributed by atoms with van der Waals surface area (Å²) in [7, 11) is 0. The maximum atomic E-state index is 12.8. The van der Waals surface area contributed by atoms with Gasteiger partial charge in [-0.05, 0) is 37.3 Å². The monoisotopic (exact) mass is 419 g/mol. The Morgan fingerprint density at radius 2 is 1.93 bits per heavy atom. The van der Waals surface area contributed by atoms with Gasteiger partial charge in [-0.25, -0.2) is 9.97 Å². The van der Waals surface area contributed by atoms with Crippen molar-refractivity contribution in [2.24, 2.45) is 0 Å². The fourth-order valence-electron chi connectivity index (χ4n) is 3.09. The maximum absolute atomic E-state index is 12.8. The van der Waals surface area contributed by atoms with Crippen molar-refractivity contribution in [3.05, 3.63) is 60.9 Å². The van der Waals surface area contributed by atoms with Crippen molar-refractivity contribution in [3.63, 3.8) is 0 Å². The Hall–Kier alpha value is -3.52. The number of hydrogen-bond acceptors (Lipinski definition) is 7. The number of nitrogens with zero attached hydrogens (tertiary/aromatic N) is 2. The van der Waals surface area contributed by atoms with E-state index in [0.717, 1.165) is 15.9 Å². The van der Waals surface area contributed by atoms with Crippen LogP contribution in [0.2, 0.25) is 0 Å². The quantitative estimate of drug-likeness (QED) is 0.369. The third-order valence-corrected chi connectivity index (χ3v) is 5.71. The van der Waals surface area contributed by atoms with Gasteiger partial charge in [0.2, 0.25) is 12.7 Å². The first-order valence-electron chi connectivity index (χ1n) is 9.35. The highest BCUT2D eigenvalue weighted by Gasteiger charge is 2.20. The molecular weight excluding hydrogens is 402 g/mol. The highest BCUT2D eigenvalue weighted by atomic mass is 32.2. The van der Waals surface area contributed by atoms with Crippen molar-refractivity contribution >= 4 is 34.3 Å². The van der Waals surface area contributed by atoms with Gasteiger partial charge in [0.15, 0.2) is 23.1 Å². The van der Waals surface area contributed by atoms with E-state index in [4.69, 9.17) is 13.9 Å². The molecule has 4 aromatic rings. The minimum atomic E-state index is -0.391. The van der Waals surface area contributed by atoms with E-state index in [1.54, 1.807) is 30.5 Å². The molecule has 1 atom stereocenters. The first kappa shape index (κ1) is 18.5. The van der Waals surface area contributed by atoms with Gasteiger partial charge in [-0.1, -0.05) is 30.0 Å². The molecule has 1 N–H and O–H groups in total. The summed E-state index contributed by atoms with van der Waals surface area (Å²) in [4.78, 5) is 22.0. The number of anilines is 1. The van der Waals surface area contributed by atoms with Gasteiger partial charge >= 0.3 is 0 Å². The van der Waals surface area contributed by atoms with Crippen molar-refractivity contribution in [2.45, 2.75) is 17.2 Å². The van der Waals surface area contributed by atoms with Crippen molar-refractivity contribution in [3.8, 4) is 23.1 Å². The molecule has 2 aromatic heterocycles. The van der Waals surface area contributed by atoms with Gasteiger partial charge in [-0.2, -0.15) is 0 Å². The Kier molecular flexibility index (Phi) is 4.76. The van der Waals surface area contributed by atoms with Crippen LogP contribution in [0.3, 0.4) is 0 Å². The molecule has 0 spiro atoms. The number of rotatable bonds is 5. The Morgan fingerprint density at radius 3 is 2.80 bits per heavy atom.